The maximum absolute atomic E-state index is 4.78. The van der Waals surface area contributed by atoms with Crippen molar-refractivity contribution in [1.82, 2.24) is 4.98 Å². The summed E-state index contributed by atoms with van der Waals surface area (Å²) in [6.07, 6.45) is 0. The number of hydrogen-bond donors (Lipinski definition) is 0. The van der Waals surface area contributed by atoms with E-state index in [9.17, 15) is 0 Å². The molecular formula is C13H17NSn. The van der Waals surface area contributed by atoms with Crippen molar-refractivity contribution in [2.24, 2.45) is 0 Å². The molecule has 15 heavy (non-hydrogen) atoms. The third-order valence-corrected chi connectivity index (χ3v) is 7.79. The van der Waals surface area contributed by atoms with Crippen molar-refractivity contribution in [2.45, 2.75) is 21.7 Å². The molecule has 0 unspecified atom stereocenters. The van der Waals surface area contributed by atoms with Crippen LogP contribution in [0.2, 0.25) is 14.8 Å². The van der Waals surface area contributed by atoms with Gasteiger partial charge in [-0.15, -0.1) is 0 Å². The van der Waals surface area contributed by atoms with Gasteiger partial charge in [0.25, 0.3) is 0 Å². The van der Waals surface area contributed by atoms with E-state index in [1.165, 1.54) is 14.7 Å². The molecule has 1 aromatic carbocycles. The third-order valence-electron chi connectivity index (χ3n) is 2.61. The molecule has 0 saturated carbocycles. The summed E-state index contributed by atoms with van der Waals surface area (Å²) >= 11 is -1.99. The van der Waals surface area contributed by atoms with Gasteiger partial charge in [0.05, 0.1) is 0 Å². The number of rotatable bonds is 1. The Hall–Kier alpha value is -0.571. The van der Waals surface area contributed by atoms with Crippen LogP contribution < -0.4 is 3.71 Å². The van der Waals surface area contributed by atoms with E-state index in [0.717, 1.165) is 5.52 Å². The molecule has 0 N–H and O–H groups in total. The van der Waals surface area contributed by atoms with Gasteiger partial charge in [-0.05, 0) is 0 Å². The number of hydrogen-bond acceptors (Lipinski definition) is 1. The van der Waals surface area contributed by atoms with Crippen LogP contribution in [0.5, 0.6) is 0 Å². The number of aryl methyl sites for hydroxylation is 1. The molecule has 0 saturated heterocycles. The summed E-state index contributed by atoms with van der Waals surface area (Å²) < 4.78 is 1.36. The van der Waals surface area contributed by atoms with Gasteiger partial charge in [-0.1, -0.05) is 0 Å². The molecule has 2 aromatic rings. The van der Waals surface area contributed by atoms with Gasteiger partial charge in [0.15, 0.2) is 0 Å². The van der Waals surface area contributed by atoms with Gasteiger partial charge in [0.1, 0.15) is 0 Å². The van der Waals surface area contributed by atoms with Gasteiger partial charge in [-0.2, -0.15) is 0 Å². The first-order valence-electron chi connectivity index (χ1n) is 5.35. The molecule has 0 fully saturated rings. The Labute approximate surface area is 95.4 Å². The number of fused-ring (bicyclic) bond motifs is 1. The summed E-state index contributed by atoms with van der Waals surface area (Å²) in [5.74, 6) is 0. The van der Waals surface area contributed by atoms with Crippen LogP contribution in [0.25, 0.3) is 10.9 Å². The van der Waals surface area contributed by atoms with Crippen LogP contribution in [-0.4, -0.2) is 23.4 Å². The van der Waals surface area contributed by atoms with Crippen molar-refractivity contribution >= 4 is 33.0 Å². The van der Waals surface area contributed by atoms with Crippen LogP contribution in [0.1, 0.15) is 5.56 Å². The minimum atomic E-state index is -1.99. The summed E-state index contributed by atoms with van der Waals surface area (Å²) in [6.45, 7) is 2.12. The summed E-state index contributed by atoms with van der Waals surface area (Å²) in [7, 11) is 0. The monoisotopic (exact) mass is 307 g/mol. The van der Waals surface area contributed by atoms with Crippen LogP contribution in [0.4, 0.5) is 0 Å². The summed E-state index contributed by atoms with van der Waals surface area (Å²) in [5, 5.41) is 1.26. The molecule has 0 aliphatic carbocycles. The number of pyridine rings is 1. The third kappa shape index (κ3) is 2.33. The topological polar surface area (TPSA) is 12.9 Å². The van der Waals surface area contributed by atoms with Crippen LogP contribution in [0.15, 0.2) is 30.3 Å². The van der Waals surface area contributed by atoms with Crippen LogP contribution in [-0.2, 0) is 0 Å². The van der Waals surface area contributed by atoms with Crippen LogP contribution in [0.3, 0.4) is 0 Å². The van der Waals surface area contributed by atoms with Crippen molar-refractivity contribution < 1.29 is 0 Å². The molecule has 1 aromatic heterocycles. The Balaban J connectivity index is 2.62. The second-order valence-corrected chi connectivity index (χ2v) is 19.4. The van der Waals surface area contributed by atoms with Crippen LogP contribution >= 0.6 is 0 Å². The zero-order chi connectivity index (χ0) is 11.1. The van der Waals surface area contributed by atoms with Crippen molar-refractivity contribution in [3.8, 4) is 0 Å². The van der Waals surface area contributed by atoms with E-state index in [2.05, 4.69) is 52.1 Å². The Morgan fingerprint density at radius 2 is 1.73 bits per heavy atom. The second-order valence-electron chi connectivity index (χ2n) is 5.14. The van der Waals surface area contributed by atoms with E-state index in [4.69, 9.17) is 4.98 Å². The molecule has 2 heteroatoms. The van der Waals surface area contributed by atoms with E-state index < -0.39 is 18.4 Å². The molecule has 0 amide bonds. The standard InChI is InChI=1S/C10H8N.3CH3.Sn/c1-8-4-5-10-9(7-8)3-2-6-11-10;;;;/h2-5,7H,1H3;3*1H3;. The summed E-state index contributed by atoms with van der Waals surface area (Å²) in [4.78, 5) is 12.0. The fraction of sp³-hybridized carbons (Fsp3) is 0.308. The number of aromatic nitrogens is 1. The van der Waals surface area contributed by atoms with E-state index in [-0.39, 0.29) is 0 Å². The Bertz CT molecular complexity index is 497. The van der Waals surface area contributed by atoms with Gasteiger partial charge >= 0.3 is 95.6 Å². The van der Waals surface area contributed by atoms with Gasteiger partial charge < -0.3 is 0 Å². The first-order valence-corrected chi connectivity index (χ1v) is 15.3. The quantitative estimate of drug-likeness (QED) is 0.738. The molecule has 2 rings (SSSR count). The SMILES string of the molecule is Cc1ccc2n[c]([Sn]([CH3])([CH3])[CH3])ccc2c1. The van der Waals surface area contributed by atoms with E-state index >= 15 is 0 Å². The summed E-state index contributed by atoms with van der Waals surface area (Å²) in [6, 6.07) is 10.9. The average molecular weight is 306 g/mol. The van der Waals surface area contributed by atoms with Crippen molar-refractivity contribution in [2.75, 3.05) is 0 Å². The predicted octanol–water partition coefficient (Wildman–Crippen LogP) is 3.09. The zero-order valence-corrected chi connectivity index (χ0v) is 12.7. The summed E-state index contributed by atoms with van der Waals surface area (Å²) in [5.41, 5.74) is 2.45. The number of benzene rings is 1. The molecule has 0 radical (unpaired) electrons. The van der Waals surface area contributed by atoms with Crippen LogP contribution in [0, 0.1) is 6.92 Å². The second kappa shape index (κ2) is 3.78. The molecule has 0 aliphatic rings. The Morgan fingerprint density at radius 3 is 2.40 bits per heavy atom. The van der Waals surface area contributed by atoms with Gasteiger partial charge in [0, 0.05) is 0 Å². The Morgan fingerprint density at radius 1 is 1.00 bits per heavy atom. The molecule has 1 heterocycles. The molecule has 0 spiro atoms. The predicted molar refractivity (Wildman–Crippen MR) is 69.5 cm³/mol. The first-order chi connectivity index (χ1) is 6.97. The zero-order valence-electron chi connectivity index (χ0n) is 9.83. The molecule has 78 valence electrons. The van der Waals surface area contributed by atoms with Crippen molar-refractivity contribution in [3.63, 3.8) is 0 Å². The molecule has 0 atom stereocenters. The molecular weight excluding hydrogens is 289 g/mol. The van der Waals surface area contributed by atoms with E-state index in [1.807, 2.05) is 0 Å². The van der Waals surface area contributed by atoms with Gasteiger partial charge in [-0.3, -0.25) is 0 Å². The normalized spacial score (nSPS) is 12.0. The fourth-order valence-corrected chi connectivity index (χ4v) is 4.63. The first kappa shape index (κ1) is 10.9. The Kier molecular flexibility index (Phi) is 2.75. The average Bonchev–Trinajstić information content (AvgIpc) is 2.15. The van der Waals surface area contributed by atoms with E-state index in [1.54, 1.807) is 0 Å². The molecule has 0 bridgehead atoms. The van der Waals surface area contributed by atoms with E-state index in [0.29, 0.717) is 0 Å². The van der Waals surface area contributed by atoms with Gasteiger partial charge in [-0.25, -0.2) is 0 Å². The fourth-order valence-electron chi connectivity index (χ4n) is 1.66. The number of nitrogens with zero attached hydrogens (tertiary/aromatic N) is 1. The van der Waals surface area contributed by atoms with Gasteiger partial charge in [0.2, 0.25) is 0 Å². The minimum absolute atomic E-state index is 1.14. The van der Waals surface area contributed by atoms with Crippen molar-refractivity contribution in [3.05, 3.63) is 35.9 Å². The molecule has 0 aliphatic heterocycles. The molecule has 1 nitrogen and oxygen atoms in total. The van der Waals surface area contributed by atoms with Crippen molar-refractivity contribution in [1.29, 1.82) is 0 Å². The maximum atomic E-state index is 4.78.